The summed E-state index contributed by atoms with van der Waals surface area (Å²) < 4.78 is 4.83. The first-order valence-corrected chi connectivity index (χ1v) is 16.4. The molecule has 0 radical (unpaired) electrons. The first kappa shape index (κ1) is 26.4. The normalized spacial score (nSPS) is 13.5. The van der Waals surface area contributed by atoms with Crippen LogP contribution in [0.2, 0.25) is 0 Å². The summed E-state index contributed by atoms with van der Waals surface area (Å²) in [7, 11) is 0. The monoisotopic (exact) mass is 600 g/mol. The minimum absolute atomic E-state index is 0.0579. The fraction of sp³-hybridized carbons (Fsp3) is 0.0667. The van der Waals surface area contributed by atoms with Gasteiger partial charge in [-0.15, -0.1) is 0 Å². The van der Waals surface area contributed by atoms with Crippen LogP contribution in [0, 0.1) is 0 Å². The van der Waals surface area contributed by atoms with Gasteiger partial charge in [-0.25, -0.2) is 0 Å². The van der Waals surface area contributed by atoms with E-state index < -0.39 is 0 Å². The van der Waals surface area contributed by atoms with E-state index in [0.717, 1.165) is 0 Å². The van der Waals surface area contributed by atoms with Crippen molar-refractivity contribution in [3.63, 3.8) is 0 Å². The molecule has 0 spiro atoms. The van der Waals surface area contributed by atoms with Gasteiger partial charge in [0.2, 0.25) is 0 Å². The molecule has 0 saturated heterocycles. The van der Waals surface area contributed by atoms with Gasteiger partial charge < -0.3 is 9.13 Å². The summed E-state index contributed by atoms with van der Waals surface area (Å²) in [4.78, 5) is 0. The Labute approximate surface area is 273 Å². The van der Waals surface area contributed by atoms with E-state index in [1.54, 1.807) is 0 Å². The first-order chi connectivity index (χ1) is 23.1. The number of para-hydroxylation sites is 3. The topological polar surface area (TPSA) is 9.86 Å². The molecule has 222 valence electrons. The maximum absolute atomic E-state index is 2.46. The van der Waals surface area contributed by atoms with Gasteiger partial charge in [0.25, 0.3) is 0 Å². The Morgan fingerprint density at radius 2 is 0.872 bits per heavy atom. The van der Waals surface area contributed by atoms with E-state index in [0.29, 0.717) is 0 Å². The van der Waals surface area contributed by atoms with E-state index in [-0.39, 0.29) is 5.41 Å². The summed E-state index contributed by atoms with van der Waals surface area (Å²) in [5.41, 5.74) is 15.2. The Bertz CT molecular complexity index is 2690. The van der Waals surface area contributed by atoms with Crippen LogP contribution in [-0.4, -0.2) is 9.13 Å². The first-order valence-electron chi connectivity index (χ1n) is 16.4. The van der Waals surface area contributed by atoms with Crippen molar-refractivity contribution < 1.29 is 0 Å². The zero-order valence-corrected chi connectivity index (χ0v) is 26.4. The molecule has 0 saturated carbocycles. The Hall–Kier alpha value is -5.86. The van der Waals surface area contributed by atoms with Gasteiger partial charge in [0, 0.05) is 38.3 Å². The summed E-state index contributed by atoms with van der Waals surface area (Å²) in [5.74, 6) is 0. The lowest BCUT2D eigenvalue weighted by Crippen LogP contribution is -2.14. The van der Waals surface area contributed by atoms with Crippen LogP contribution in [0.1, 0.15) is 25.0 Å². The average Bonchev–Trinajstić information content (AvgIpc) is 3.71. The summed E-state index contributed by atoms with van der Waals surface area (Å²) in [6.45, 7) is 4.73. The summed E-state index contributed by atoms with van der Waals surface area (Å²) >= 11 is 0. The van der Waals surface area contributed by atoms with Crippen molar-refractivity contribution in [1.82, 2.24) is 9.13 Å². The number of hydrogen-bond acceptors (Lipinski definition) is 0. The Balaban J connectivity index is 1.23. The number of rotatable bonds is 3. The molecule has 0 aliphatic heterocycles. The van der Waals surface area contributed by atoms with Crippen molar-refractivity contribution in [1.29, 1.82) is 0 Å². The molecule has 0 unspecified atom stereocenters. The maximum Gasteiger partial charge on any atom is 0.0544 e. The van der Waals surface area contributed by atoms with Gasteiger partial charge in [0.1, 0.15) is 0 Å². The number of fused-ring (bicyclic) bond motifs is 9. The molecule has 1 aliphatic carbocycles. The second-order valence-corrected chi connectivity index (χ2v) is 13.4. The molecule has 0 N–H and O–H groups in total. The van der Waals surface area contributed by atoms with E-state index in [9.17, 15) is 0 Å². The lowest BCUT2D eigenvalue weighted by molar-refractivity contribution is 0.661. The highest BCUT2D eigenvalue weighted by Crippen LogP contribution is 2.51. The van der Waals surface area contributed by atoms with Crippen molar-refractivity contribution in [3.8, 4) is 33.6 Å². The van der Waals surface area contributed by atoms with Crippen molar-refractivity contribution in [3.05, 3.63) is 169 Å². The Kier molecular flexibility index (Phi) is 5.37. The zero-order chi connectivity index (χ0) is 31.3. The zero-order valence-electron chi connectivity index (χ0n) is 26.4. The average molecular weight is 601 g/mol. The number of hydrogen-bond donors (Lipinski definition) is 0. The third kappa shape index (κ3) is 3.67. The minimum Gasteiger partial charge on any atom is -0.309 e. The molecular formula is C45H32N2. The van der Waals surface area contributed by atoms with Gasteiger partial charge in [-0.1, -0.05) is 105 Å². The predicted octanol–water partition coefficient (Wildman–Crippen LogP) is 11.9. The highest BCUT2D eigenvalue weighted by molar-refractivity contribution is 6.14. The molecule has 1 aliphatic rings. The van der Waals surface area contributed by atoms with Crippen molar-refractivity contribution in [2.75, 3.05) is 0 Å². The van der Waals surface area contributed by atoms with Crippen molar-refractivity contribution in [2.45, 2.75) is 19.3 Å². The van der Waals surface area contributed by atoms with E-state index in [4.69, 9.17) is 0 Å². The summed E-state index contributed by atoms with van der Waals surface area (Å²) in [6.07, 6.45) is 0. The second kappa shape index (κ2) is 9.57. The fourth-order valence-electron chi connectivity index (χ4n) is 8.26. The Morgan fingerprint density at radius 3 is 1.55 bits per heavy atom. The van der Waals surface area contributed by atoms with Gasteiger partial charge in [0.15, 0.2) is 0 Å². The molecule has 47 heavy (non-hydrogen) atoms. The third-order valence-electron chi connectivity index (χ3n) is 10.5. The van der Waals surface area contributed by atoms with E-state index >= 15 is 0 Å². The Morgan fingerprint density at radius 1 is 0.362 bits per heavy atom. The van der Waals surface area contributed by atoms with Crippen LogP contribution in [0.3, 0.4) is 0 Å². The molecule has 0 bridgehead atoms. The molecule has 0 amide bonds. The molecule has 0 atom stereocenters. The molecule has 7 aromatic carbocycles. The SMILES string of the molecule is CC1(C)c2ccccc2-c2cc3c4cc(-c5ccc6c(c5)c5ccccc5n6-c5ccccc5)ccc4n(-c4ccccc4)c3cc21. The van der Waals surface area contributed by atoms with Crippen molar-refractivity contribution in [2.24, 2.45) is 0 Å². The lowest BCUT2D eigenvalue weighted by Gasteiger charge is -2.21. The predicted molar refractivity (Wildman–Crippen MR) is 198 cm³/mol. The standard InChI is InChI=1S/C45H32N2/c1-45(2)39-19-11-9-17-33(39)35-27-38-37-26-30(22-24-43(37)47(44(38)28-40(35)45)32-15-7-4-8-16-32)29-21-23-42-36(25-29)34-18-10-12-20-41(34)46(42)31-13-5-3-6-14-31/h3-28H,1-2H3. The molecular weight excluding hydrogens is 569 g/mol. The van der Waals surface area contributed by atoms with E-state index in [2.05, 4.69) is 181 Å². The number of aromatic nitrogens is 2. The van der Waals surface area contributed by atoms with Crippen LogP contribution in [0.5, 0.6) is 0 Å². The van der Waals surface area contributed by atoms with Gasteiger partial charge in [0.05, 0.1) is 22.1 Å². The largest absolute Gasteiger partial charge is 0.309 e. The highest BCUT2D eigenvalue weighted by atomic mass is 15.0. The van der Waals surface area contributed by atoms with Gasteiger partial charge in [-0.2, -0.15) is 0 Å². The molecule has 2 aromatic heterocycles. The maximum atomic E-state index is 2.46. The number of benzene rings is 7. The van der Waals surface area contributed by atoms with E-state index in [1.807, 2.05) is 0 Å². The third-order valence-corrected chi connectivity index (χ3v) is 10.5. The van der Waals surface area contributed by atoms with Gasteiger partial charge in [-0.05, 0) is 100 Å². The molecule has 2 nitrogen and oxygen atoms in total. The highest BCUT2D eigenvalue weighted by Gasteiger charge is 2.36. The molecule has 0 fully saturated rings. The molecule has 10 rings (SSSR count). The molecule has 9 aromatic rings. The second-order valence-electron chi connectivity index (χ2n) is 13.4. The van der Waals surface area contributed by atoms with Gasteiger partial charge in [-0.3, -0.25) is 0 Å². The quantitative estimate of drug-likeness (QED) is 0.191. The molecule has 2 heterocycles. The van der Waals surface area contributed by atoms with Crippen LogP contribution in [0.15, 0.2) is 158 Å². The van der Waals surface area contributed by atoms with Crippen LogP contribution in [0.4, 0.5) is 0 Å². The van der Waals surface area contributed by atoms with Crippen molar-refractivity contribution >= 4 is 43.6 Å². The van der Waals surface area contributed by atoms with Crippen LogP contribution in [-0.2, 0) is 5.41 Å². The van der Waals surface area contributed by atoms with Crippen LogP contribution in [0.25, 0.3) is 77.2 Å². The number of nitrogens with zero attached hydrogens (tertiary/aromatic N) is 2. The smallest absolute Gasteiger partial charge is 0.0544 e. The van der Waals surface area contributed by atoms with Gasteiger partial charge >= 0.3 is 0 Å². The van der Waals surface area contributed by atoms with Crippen LogP contribution < -0.4 is 0 Å². The fourth-order valence-corrected chi connectivity index (χ4v) is 8.26. The summed E-state index contributed by atoms with van der Waals surface area (Å²) in [5, 5.41) is 5.11. The van der Waals surface area contributed by atoms with E-state index in [1.165, 1.54) is 88.4 Å². The summed E-state index contributed by atoms with van der Waals surface area (Å²) in [6, 6.07) is 58.1. The lowest BCUT2D eigenvalue weighted by atomic mass is 9.82. The van der Waals surface area contributed by atoms with Crippen LogP contribution >= 0.6 is 0 Å². The minimum atomic E-state index is -0.0579. The molecule has 2 heteroatoms.